The molecule has 5 heteroatoms. The van der Waals surface area contributed by atoms with Crippen molar-refractivity contribution in [3.05, 3.63) is 47.8 Å². The Kier molecular flexibility index (Phi) is 4.00. The van der Waals surface area contributed by atoms with Gasteiger partial charge in [0.15, 0.2) is 0 Å². The number of ether oxygens (including phenoxy) is 1. The van der Waals surface area contributed by atoms with Crippen LogP contribution in [0.5, 0.6) is 5.75 Å². The summed E-state index contributed by atoms with van der Waals surface area (Å²) in [5.41, 5.74) is 2.54. The van der Waals surface area contributed by atoms with Crippen LogP contribution in [0.2, 0.25) is 0 Å². The van der Waals surface area contributed by atoms with E-state index in [2.05, 4.69) is 33.3 Å². The molecule has 1 N–H and O–H groups in total. The molecule has 152 valence electrons. The maximum atomic E-state index is 13.5. The minimum atomic E-state index is 0.0139. The van der Waals surface area contributed by atoms with Crippen molar-refractivity contribution in [2.45, 2.75) is 68.9 Å². The SMILES string of the molecule is O=C(NC1CCOc2ccccc2C1)C1C2CCC1(c1ccnn1C1CCC1)C2. The molecule has 2 heterocycles. The highest BCUT2D eigenvalue weighted by Crippen LogP contribution is 2.64. The summed E-state index contributed by atoms with van der Waals surface area (Å²) in [4.78, 5) is 13.5. The van der Waals surface area contributed by atoms with Crippen molar-refractivity contribution in [1.82, 2.24) is 15.1 Å². The number of hydrogen-bond donors (Lipinski definition) is 1. The highest BCUT2D eigenvalue weighted by atomic mass is 16.5. The van der Waals surface area contributed by atoms with Crippen LogP contribution in [0.1, 0.15) is 62.2 Å². The molecule has 0 radical (unpaired) electrons. The molecule has 2 bridgehead atoms. The third-order valence-corrected chi connectivity index (χ3v) is 8.05. The monoisotopic (exact) mass is 391 g/mol. The van der Waals surface area contributed by atoms with E-state index in [4.69, 9.17) is 4.74 Å². The number of nitrogens with one attached hydrogen (secondary N) is 1. The lowest BCUT2D eigenvalue weighted by Crippen LogP contribution is -2.55. The van der Waals surface area contributed by atoms with E-state index >= 15 is 0 Å². The molecule has 4 fully saturated rings. The van der Waals surface area contributed by atoms with Gasteiger partial charge in [0.1, 0.15) is 5.75 Å². The van der Waals surface area contributed by atoms with E-state index in [0.717, 1.165) is 31.4 Å². The van der Waals surface area contributed by atoms with Crippen molar-refractivity contribution >= 4 is 5.91 Å². The number of aromatic nitrogens is 2. The molecule has 1 amide bonds. The second kappa shape index (κ2) is 6.61. The van der Waals surface area contributed by atoms with E-state index in [0.29, 0.717) is 18.6 Å². The number of carbonyl (C=O) groups excluding carboxylic acids is 1. The molecule has 0 saturated heterocycles. The van der Waals surface area contributed by atoms with Gasteiger partial charge in [-0.25, -0.2) is 0 Å². The van der Waals surface area contributed by atoms with Gasteiger partial charge in [0.05, 0.1) is 18.6 Å². The summed E-state index contributed by atoms with van der Waals surface area (Å²) in [7, 11) is 0. The van der Waals surface area contributed by atoms with Crippen molar-refractivity contribution in [2.75, 3.05) is 6.61 Å². The minimum absolute atomic E-state index is 0.0139. The summed E-state index contributed by atoms with van der Waals surface area (Å²) in [6.45, 7) is 0.662. The summed E-state index contributed by atoms with van der Waals surface area (Å²) in [5, 5.41) is 8.09. The second-order valence-electron chi connectivity index (χ2n) is 9.54. The number of benzene rings is 1. The standard InChI is InChI=1S/C24H29N3O2/c28-23(26-18-10-13-29-20-7-2-1-4-16(20)14-18)22-17-8-11-24(22,15-17)21-9-12-25-27(21)19-5-3-6-19/h1-2,4,7,9,12,17-19,22H,3,5-6,8,10-11,13-15H2,(H,26,28). The number of nitrogens with zero attached hydrogens (tertiary/aromatic N) is 2. The van der Waals surface area contributed by atoms with Crippen LogP contribution >= 0.6 is 0 Å². The Bertz CT molecular complexity index is 930. The van der Waals surface area contributed by atoms with Crippen molar-refractivity contribution in [1.29, 1.82) is 0 Å². The molecule has 4 unspecified atom stereocenters. The van der Waals surface area contributed by atoms with Crippen molar-refractivity contribution in [2.24, 2.45) is 11.8 Å². The van der Waals surface area contributed by atoms with Crippen molar-refractivity contribution in [3.8, 4) is 5.75 Å². The Labute approximate surface area is 171 Å². The van der Waals surface area contributed by atoms with E-state index < -0.39 is 0 Å². The molecule has 1 aliphatic heterocycles. The van der Waals surface area contributed by atoms with Crippen LogP contribution in [0.3, 0.4) is 0 Å². The number of rotatable bonds is 4. The molecule has 1 aromatic carbocycles. The zero-order valence-electron chi connectivity index (χ0n) is 16.8. The number of fused-ring (bicyclic) bond motifs is 2. The van der Waals surface area contributed by atoms with E-state index in [1.54, 1.807) is 0 Å². The van der Waals surface area contributed by atoms with Crippen LogP contribution in [0.25, 0.3) is 0 Å². The molecular formula is C24H29N3O2. The van der Waals surface area contributed by atoms with Crippen LogP contribution < -0.4 is 10.1 Å². The van der Waals surface area contributed by atoms with E-state index in [-0.39, 0.29) is 23.3 Å². The predicted octanol–water partition coefficient (Wildman–Crippen LogP) is 3.79. The van der Waals surface area contributed by atoms with Crippen LogP contribution in [0, 0.1) is 11.8 Å². The normalized spacial score (nSPS) is 33.0. The van der Waals surface area contributed by atoms with Gasteiger partial charge in [0.25, 0.3) is 0 Å². The molecule has 7 rings (SSSR count). The quantitative estimate of drug-likeness (QED) is 0.863. The first kappa shape index (κ1) is 17.5. The van der Waals surface area contributed by atoms with Gasteiger partial charge in [-0.2, -0.15) is 5.10 Å². The van der Waals surface area contributed by atoms with E-state index in [9.17, 15) is 4.79 Å². The molecule has 1 aromatic heterocycles. The maximum absolute atomic E-state index is 13.5. The van der Waals surface area contributed by atoms with Crippen molar-refractivity contribution < 1.29 is 9.53 Å². The summed E-state index contributed by atoms with van der Waals surface area (Å²) < 4.78 is 8.16. The molecule has 5 nitrogen and oxygen atoms in total. The molecule has 4 saturated carbocycles. The fourth-order valence-electron chi connectivity index (χ4n) is 6.37. The van der Waals surface area contributed by atoms with E-state index in [1.165, 1.54) is 36.9 Å². The molecule has 29 heavy (non-hydrogen) atoms. The average Bonchev–Trinajstić information content (AvgIpc) is 3.33. The fraction of sp³-hybridized carbons (Fsp3) is 0.583. The number of para-hydroxylation sites is 1. The maximum Gasteiger partial charge on any atom is 0.224 e. The third kappa shape index (κ3) is 2.66. The number of carbonyl (C=O) groups is 1. The molecule has 4 atom stereocenters. The smallest absolute Gasteiger partial charge is 0.224 e. The first-order valence-corrected chi connectivity index (χ1v) is 11.3. The fourth-order valence-corrected chi connectivity index (χ4v) is 6.37. The topological polar surface area (TPSA) is 56.1 Å². The zero-order chi connectivity index (χ0) is 19.4. The average molecular weight is 392 g/mol. The van der Waals surface area contributed by atoms with Crippen LogP contribution in [-0.2, 0) is 16.6 Å². The molecule has 2 aromatic rings. The lowest BCUT2D eigenvalue weighted by molar-refractivity contribution is -0.134. The van der Waals surface area contributed by atoms with Gasteiger partial charge in [0, 0.05) is 29.8 Å². The minimum Gasteiger partial charge on any atom is -0.493 e. The number of hydrogen-bond acceptors (Lipinski definition) is 3. The van der Waals surface area contributed by atoms with Crippen LogP contribution in [-0.4, -0.2) is 28.3 Å². The lowest BCUT2D eigenvalue weighted by Gasteiger charge is -2.48. The molecule has 4 aliphatic carbocycles. The highest BCUT2D eigenvalue weighted by Gasteiger charge is 2.64. The molecule has 0 spiro atoms. The zero-order valence-corrected chi connectivity index (χ0v) is 16.8. The second-order valence-corrected chi connectivity index (χ2v) is 9.54. The van der Waals surface area contributed by atoms with Crippen molar-refractivity contribution in [3.63, 3.8) is 0 Å². The predicted molar refractivity (Wildman–Crippen MR) is 110 cm³/mol. The van der Waals surface area contributed by atoms with Crippen LogP contribution in [0.15, 0.2) is 36.5 Å². The van der Waals surface area contributed by atoms with Gasteiger partial charge in [-0.05, 0) is 68.6 Å². The Morgan fingerprint density at radius 1 is 1.17 bits per heavy atom. The number of amides is 1. The van der Waals surface area contributed by atoms with Gasteiger partial charge in [0.2, 0.25) is 5.91 Å². The molecular weight excluding hydrogens is 362 g/mol. The summed E-state index contributed by atoms with van der Waals surface area (Å²) in [6, 6.07) is 11.1. The lowest BCUT2D eigenvalue weighted by atomic mass is 9.58. The Morgan fingerprint density at radius 3 is 2.90 bits per heavy atom. The first-order chi connectivity index (χ1) is 14.2. The van der Waals surface area contributed by atoms with Gasteiger partial charge < -0.3 is 10.1 Å². The molecule has 5 aliphatic rings. The van der Waals surface area contributed by atoms with Gasteiger partial charge in [-0.1, -0.05) is 18.2 Å². The van der Waals surface area contributed by atoms with E-state index in [1.807, 2.05) is 18.3 Å². The van der Waals surface area contributed by atoms with Gasteiger partial charge >= 0.3 is 0 Å². The summed E-state index contributed by atoms with van der Waals surface area (Å²) in [6.07, 6.45) is 10.9. The van der Waals surface area contributed by atoms with Crippen LogP contribution in [0.4, 0.5) is 0 Å². The first-order valence-electron chi connectivity index (χ1n) is 11.3. The summed E-state index contributed by atoms with van der Waals surface area (Å²) in [5.74, 6) is 1.87. The Morgan fingerprint density at radius 2 is 2.07 bits per heavy atom. The highest BCUT2D eigenvalue weighted by molar-refractivity contribution is 5.83. The Balaban J connectivity index is 1.22. The third-order valence-electron chi connectivity index (χ3n) is 8.05. The largest absolute Gasteiger partial charge is 0.493 e. The summed E-state index contributed by atoms with van der Waals surface area (Å²) >= 11 is 0. The van der Waals surface area contributed by atoms with Gasteiger partial charge in [-0.3, -0.25) is 9.48 Å². The Hall–Kier alpha value is -2.30. The van der Waals surface area contributed by atoms with Gasteiger partial charge in [-0.15, -0.1) is 0 Å².